The van der Waals surface area contributed by atoms with E-state index in [1.54, 1.807) is 14.0 Å². The van der Waals surface area contributed by atoms with Gasteiger partial charge in [0.2, 0.25) is 5.91 Å². The second-order valence-corrected chi connectivity index (χ2v) is 4.21. The fraction of sp³-hybridized carbons (Fsp3) is 0.455. The van der Waals surface area contributed by atoms with Gasteiger partial charge in [0.25, 0.3) is 5.56 Å². The van der Waals surface area contributed by atoms with Crippen LogP contribution >= 0.6 is 0 Å². The lowest BCUT2D eigenvalue weighted by Gasteiger charge is -2.08. The molecule has 2 aromatic rings. The molecule has 8 heteroatoms. The summed E-state index contributed by atoms with van der Waals surface area (Å²) >= 11 is 0. The van der Waals surface area contributed by atoms with E-state index in [9.17, 15) is 14.4 Å². The lowest BCUT2D eigenvalue weighted by molar-refractivity contribution is -0.121. The number of aryl methyl sites for hydroxylation is 2. The summed E-state index contributed by atoms with van der Waals surface area (Å²) in [6, 6.07) is 0. The molecule has 0 unspecified atom stereocenters. The fourth-order valence-electron chi connectivity index (χ4n) is 1.93. The van der Waals surface area contributed by atoms with Crippen LogP contribution < -0.4 is 16.6 Å². The molecule has 0 fully saturated rings. The maximum Gasteiger partial charge on any atom is 0.332 e. The van der Waals surface area contributed by atoms with Crippen molar-refractivity contribution in [3.05, 3.63) is 27.2 Å². The van der Waals surface area contributed by atoms with Crippen molar-refractivity contribution in [3.63, 3.8) is 0 Å². The van der Waals surface area contributed by atoms with Gasteiger partial charge >= 0.3 is 5.69 Å². The van der Waals surface area contributed by atoms with Crippen molar-refractivity contribution in [1.29, 1.82) is 0 Å². The van der Waals surface area contributed by atoms with Crippen molar-refractivity contribution >= 4 is 17.1 Å². The molecular formula is C11H15N5O3. The van der Waals surface area contributed by atoms with E-state index in [4.69, 9.17) is 0 Å². The van der Waals surface area contributed by atoms with E-state index in [1.165, 1.54) is 22.5 Å². The number of hydrogen-bond acceptors (Lipinski definition) is 4. The van der Waals surface area contributed by atoms with Crippen molar-refractivity contribution in [3.8, 4) is 0 Å². The summed E-state index contributed by atoms with van der Waals surface area (Å²) in [7, 11) is 3.18. The maximum atomic E-state index is 12.2. The van der Waals surface area contributed by atoms with E-state index < -0.39 is 11.2 Å². The Bertz CT molecular complexity index is 752. The van der Waals surface area contributed by atoms with Crippen molar-refractivity contribution in [2.24, 2.45) is 14.1 Å². The topological polar surface area (TPSA) is 90.9 Å². The van der Waals surface area contributed by atoms with E-state index in [-0.39, 0.29) is 12.5 Å². The largest absolute Gasteiger partial charge is 0.355 e. The van der Waals surface area contributed by atoms with Gasteiger partial charge in [0, 0.05) is 20.6 Å². The molecule has 1 N–H and O–H groups in total. The summed E-state index contributed by atoms with van der Waals surface area (Å²) in [5.41, 5.74) is -0.456. The number of fused-ring (bicyclic) bond motifs is 1. The molecule has 0 saturated carbocycles. The molecule has 2 heterocycles. The Balaban J connectivity index is 2.68. The number of aromatic nitrogens is 4. The zero-order valence-electron chi connectivity index (χ0n) is 11.0. The molecule has 0 atom stereocenters. The van der Waals surface area contributed by atoms with Crippen LogP contribution in [0.25, 0.3) is 11.2 Å². The minimum absolute atomic E-state index is 0.291. The van der Waals surface area contributed by atoms with Gasteiger partial charge in [-0.2, -0.15) is 0 Å². The summed E-state index contributed by atoms with van der Waals surface area (Å²) in [6.45, 7) is 1.92. The Morgan fingerprint density at radius 3 is 2.68 bits per heavy atom. The van der Waals surface area contributed by atoms with Crippen molar-refractivity contribution in [2.75, 3.05) is 6.54 Å². The molecule has 0 aliphatic carbocycles. The first kappa shape index (κ1) is 13.1. The highest BCUT2D eigenvalue weighted by Crippen LogP contribution is 2.02. The normalized spacial score (nSPS) is 10.9. The number of imidazole rings is 1. The van der Waals surface area contributed by atoms with Gasteiger partial charge in [-0.3, -0.25) is 14.2 Å². The van der Waals surface area contributed by atoms with Gasteiger partial charge in [-0.25, -0.2) is 14.3 Å². The van der Waals surface area contributed by atoms with Gasteiger partial charge in [0.05, 0.1) is 6.33 Å². The molecule has 0 spiro atoms. The summed E-state index contributed by atoms with van der Waals surface area (Å²) in [4.78, 5) is 39.8. The van der Waals surface area contributed by atoms with E-state index >= 15 is 0 Å². The number of nitrogens with one attached hydrogen (secondary N) is 1. The van der Waals surface area contributed by atoms with Crippen LogP contribution in [0.15, 0.2) is 15.9 Å². The highest BCUT2D eigenvalue weighted by molar-refractivity contribution is 5.76. The van der Waals surface area contributed by atoms with Crippen LogP contribution in [0.4, 0.5) is 0 Å². The minimum atomic E-state index is -0.553. The molecule has 102 valence electrons. The van der Waals surface area contributed by atoms with Crippen molar-refractivity contribution in [1.82, 2.24) is 24.0 Å². The summed E-state index contributed by atoms with van der Waals surface area (Å²) < 4.78 is 3.70. The average Bonchev–Trinajstić information content (AvgIpc) is 2.74. The second-order valence-electron chi connectivity index (χ2n) is 4.21. The fourth-order valence-corrected chi connectivity index (χ4v) is 1.93. The number of hydrogen-bond donors (Lipinski definition) is 1. The summed E-state index contributed by atoms with van der Waals surface area (Å²) in [5, 5.41) is 2.56. The molecule has 0 bridgehead atoms. The Hall–Kier alpha value is -2.38. The van der Waals surface area contributed by atoms with Crippen LogP contribution in [0.1, 0.15) is 6.92 Å². The number of carbonyl (C=O) groups is 1. The van der Waals surface area contributed by atoms with Gasteiger partial charge in [0.1, 0.15) is 6.54 Å². The summed E-state index contributed by atoms with van der Waals surface area (Å²) in [6.07, 6.45) is 1.46. The predicted octanol–water partition coefficient (Wildman–Crippen LogP) is -1.43. The third-order valence-electron chi connectivity index (χ3n) is 2.88. The number of likely N-dealkylation sites (N-methyl/N-ethyl adjacent to an activating group) is 1. The zero-order valence-corrected chi connectivity index (χ0v) is 11.0. The third-order valence-corrected chi connectivity index (χ3v) is 2.88. The molecule has 0 saturated heterocycles. The third kappa shape index (κ3) is 2.05. The second kappa shape index (κ2) is 4.71. The van der Waals surface area contributed by atoms with Crippen molar-refractivity contribution in [2.45, 2.75) is 13.5 Å². The molecule has 0 aliphatic heterocycles. The Labute approximate surface area is 108 Å². The van der Waals surface area contributed by atoms with Crippen LogP contribution in [0.3, 0.4) is 0 Å². The van der Waals surface area contributed by atoms with E-state index in [0.29, 0.717) is 17.7 Å². The first-order valence-corrected chi connectivity index (χ1v) is 5.85. The Morgan fingerprint density at radius 1 is 1.37 bits per heavy atom. The van der Waals surface area contributed by atoms with Gasteiger partial charge in [-0.05, 0) is 6.92 Å². The molecule has 2 aromatic heterocycles. The summed E-state index contributed by atoms with van der Waals surface area (Å²) in [5.74, 6) is -0.372. The predicted molar refractivity (Wildman–Crippen MR) is 68.9 cm³/mol. The lowest BCUT2D eigenvalue weighted by atomic mass is 10.4. The Morgan fingerprint density at radius 2 is 2.05 bits per heavy atom. The highest BCUT2D eigenvalue weighted by atomic mass is 16.2. The van der Waals surface area contributed by atoms with Crippen LogP contribution in [0.2, 0.25) is 0 Å². The van der Waals surface area contributed by atoms with Gasteiger partial charge < -0.3 is 9.88 Å². The number of nitrogens with zero attached hydrogens (tertiary/aromatic N) is 4. The lowest BCUT2D eigenvalue weighted by Crippen LogP contribution is -2.43. The van der Waals surface area contributed by atoms with Crippen LogP contribution in [0.5, 0.6) is 0 Å². The molecular weight excluding hydrogens is 250 g/mol. The molecule has 2 rings (SSSR count). The molecule has 0 aliphatic rings. The van der Waals surface area contributed by atoms with Gasteiger partial charge in [-0.1, -0.05) is 0 Å². The molecule has 0 radical (unpaired) electrons. The van der Waals surface area contributed by atoms with Crippen LogP contribution in [-0.2, 0) is 25.4 Å². The molecule has 1 amide bonds. The SMILES string of the molecule is CCNC(=O)Cn1c(=O)c2c(ncn2C)n(C)c1=O. The average molecular weight is 265 g/mol. The van der Waals surface area contributed by atoms with E-state index in [0.717, 1.165) is 4.57 Å². The first-order valence-electron chi connectivity index (χ1n) is 5.85. The van der Waals surface area contributed by atoms with E-state index in [1.807, 2.05) is 0 Å². The van der Waals surface area contributed by atoms with Crippen LogP contribution in [0, 0.1) is 0 Å². The van der Waals surface area contributed by atoms with Gasteiger partial charge in [0.15, 0.2) is 11.2 Å². The van der Waals surface area contributed by atoms with Crippen molar-refractivity contribution < 1.29 is 4.79 Å². The smallest absolute Gasteiger partial charge is 0.332 e. The number of rotatable bonds is 3. The standard InChI is InChI=1S/C11H15N5O3/c1-4-12-7(17)5-16-10(18)8-9(13-6-14(8)2)15(3)11(16)19/h6H,4-5H2,1-3H3,(H,12,17). The monoisotopic (exact) mass is 265 g/mol. The molecule has 8 nitrogen and oxygen atoms in total. The minimum Gasteiger partial charge on any atom is -0.355 e. The first-order chi connectivity index (χ1) is 8.97. The zero-order chi connectivity index (χ0) is 14.2. The quantitative estimate of drug-likeness (QED) is 0.736. The van der Waals surface area contributed by atoms with Gasteiger partial charge in [-0.15, -0.1) is 0 Å². The highest BCUT2D eigenvalue weighted by Gasteiger charge is 2.16. The molecule has 19 heavy (non-hydrogen) atoms. The van der Waals surface area contributed by atoms with Crippen LogP contribution in [-0.4, -0.2) is 31.1 Å². The molecule has 0 aromatic carbocycles. The number of carbonyl (C=O) groups excluding carboxylic acids is 1. The van der Waals surface area contributed by atoms with E-state index in [2.05, 4.69) is 10.3 Å². The number of amides is 1. The Kier molecular flexibility index (Phi) is 3.24. The maximum absolute atomic E-state index is 12.2.